The zero-order valence-electron chi connectivity index (χ0n) is 18.4. The Morgan fingerprint density at radius 1 is 1.17 bits per heavy atom. The van der Waals surface area contributed by atoms with Gasteiger partial charge in [-0.3, -0.25) is 9.59 Å². The fourth-order valence-corrected chi connectivity index (χ4v) is 3.04. The molecule has 166 valence electrons. The maximum atomic E-state index is 13.0. The topological polar surface area (TPSA) is 93.9 Å². The van der Waals surface area contributed by atoms with Crippen LogP contribution in [-0.2, 0) is 20.8 Å². The zero-order chi connectivity index (χ0) is 21.5. The quantitative estimate of drug-likeness (QED) is 0.420. The van der Waals surface area contributed by atoms with Crippen molar-refractivity contribution in [1.82, 2.24) is 15.2 Å². The van der Waals surface area contributed by atoms with Crippen LogP contribution in [0, 0.1) is 5.92 Å². The van der Waals surface area contributed by atoms with Crippen molar-refractivity contribution in [2.75, 3.05) is 40.5 Å². The number of ether oxygens (including phenoxy) is 2. The smallest absolute Gasteiger partial charge is 0.273 e. The predicted octanol–water partition coefficient (Wildman–Crippen LogP) is 3.02. The number of aromatic nitrogens is 1. The Kier molecular flexibility index (Phi) is 13.0. The Labute approximate surface area is 174 Å². The molecule has 29 heavy (non-hydrogen) atoms. The molecule has 0 unspecified atom stereocenters. The Hall–Kier alpha value is -1.93. The van der Waals surface area contributed by atoms with Crippen LogP contribution in [0.15, 0.2) is 10.7 Å². The third-order valence-electron chi connectivity index (χ3n) is 4.76. The highest BCUT2D eigenvalue weighted by atomic mass is 16.5. The van der Waals surface area contributed by atoms with Gasteiger partial charge in [-0.05, 0) is 25.7 Å². The zero-order valence-corrected chi connectivity index (χ0v) is 18.4. The van der Waals surface area contributed by atoms with Gasteiger partial charge in [-0.1, -0.05) is 26.7 Å². The van der Waals surface area contributed by atoms with E-state index in [0.717, 1.165) is 38.5 Å². The van der Waals surface area contributed by atoms with Gasteiger partial charge in [-0.2, -0.15) is 0 Å². The maximum Gasteiger partial charge on any atom is 0.273 e. The van der Waals surface area contributed by atoms with Gasteiger partial charge in [0.1, 0.15) is 6.26 Å². The monoisotopic (exact) mass is 411 g/mol. The molecular formula is C21H37N3O5. The van der Waals surface area contributed by atoms with E-state index in [0.29, 0.717) is 32.2 Å². The number of carbonyl (C=O) groups excluding carboxylic acids is 2. The van der Waals surface area contributed by atoms with Crippen molar-refractivity contribution >= 4 is 11.8 Å². The highest BCUT2D eigenvalue weighted by Gasteiger charge is 2.24. The second kappa shape index (κ2) is 15.0. The Bertz CT molecular complexity index is 591. The molecule has 0 bridgehead atoms. The van der Waals surface area contributed by atoms with Crippen LogP contribution in [0.4, 0.5) is 0 Å². The van der Waals surface area contributed by atoms with Crippen molar-refractivity contribution in [1.29, 1.82) is 0 Å². The third-order valence-corrected chi connectivity index (χ3v) is 4.76. The second-order valence-electron chi connectivity index (χ2n) is 7.08. The summed E-state index contributed by atoms with van der Waals surface area (Å²) in [5.74, 6) is 0.183. The van der Waals surface area contributed by atoms with Gasteiger partial charge in [0.2, 0.25) is 11.8 Å². The largest absolute Gasteiger partial charge is 0.446 e. The van der Waals surface area contributed by atoms with Crippen molar-refractivity contribution in [3.8, 4) is 0 Å². The normalized spacial score (nSPS) is 12.0. The standard InChI is InChI=1S/C21H37N3O5/c1-5-7-10-17(6-2)21(26)24(12-9-14-28-4)15-19-23-18(16-29-19)20(25)22-11-8-13-27-3/h16-17H,5-15H2,1-4H3,(H,22,25)/t17-/m0/s1. The van der Waals surface area contributed by atoms with Crippen molar-refractivity contribution in [3.05, 3.63) is 17.8 Å². The van der Waals surface area contributed by atoms with E-state index in [-0.39, 0.29) is 30.0 Å². The molecule has 0 radical (unpaired) electrons. The summed E-state index contributed by atoms with van der Waals surface area (Å²) >= 11 is 0. The molecule has 0 aliphatic rings. The van der Waals surface area contributed by atoms with Gasteiger partial charge in [0.05, 0.1) is 6.54 Å². The van der Waals surface area contributed by atoms with Crippen molar-refractivity contribution in [3.63, 3.8) is 0 Å². The first kappa shape index (κ1) is 25.1. The van der Waals surface area contributed by atoms with Gasteiger partial charge in [0.15, 0.2) is 5.69 Å². The highest BCUT2D eigenvalue weighted by molar-refractivity contribution is 5.91. The maximum absolute atomic E-state index is 13.0. The minimum atomic E-state index is -0.289. The molecule has 1 atom stereocenters. The number of unbranched alkanes of at least 4 members (excludes halogenated alkanes) is 1. The number of hydrogen-bond acceptors (Lipinski definition) is 6. The number of amides is 2. The molecule has 8 nitrogen and oxygen atoms in total. The first-order valence-corrected chi connectivity index (χ1v) is 10.6. The van der Waals surface area contributed by atoms with Gasteiger partial charge in [-0.15, -0.1) is 0 Å². The molecule has 0 spiro atoms. The van der Waals surface area contributed by atoms with E-state index in [2.05, 4.69) is 17.2 Å². The highest BCUT2D eigenvalue weighted by Crippen LogP contribution is 2.18. The lowest BCUT2D eigenvalue weighted by Gasteiger charge is -2.26. The van der Waals surface area contributed by atoms with Crippen LogP contribution < -0.4 is 5.32 Å². The molecular weight excluding hydrogens is 374 g/mol. The lowest BCUT2D eigenvalue weighted by atomic mass is 9.97. The van der Waals surface area contributed by atoms with Gasteiger partial charge in [0, 0.05) is 46.4 Å². The van der Waals surface area contributed by atoms with E-state index < -0.39 is 0 Å². The summed E-state index contributed by atoms with van der Waals surface area (Å²) in [7, 11) is 3.27. The number of rotatable bonds is 16. The lowest BCUT2D eigenvalue weighted by Crippen LogP contribution is -2.37. The van der Waals surface area contributed by atoms with Crippen molar-refractivity contribution in [2.24, 2.45) is 5.92 Å². The number of hydrogen-bond donors (Lipinski definition) is 1. The van der Waals surface area contributed by atoms with Crippen LogP contribution in [0.5, 0.6) is 0 Å². The van der Waals surface area contributed by atoms with E-state index >= 15 is 0 Å². The van der Waals surface area contributed by atoms with Crippen LogP contribution in [0.3, 0.4) is 0 Å². The van der Waals surface area contributed by atoms with Crippen LogP contribution in [0.1, 0.15) is 68.8 Å². The van der Waals surface area contributed by atoms with Gasteiger partial charge in [0.25, 0.3) is 5.91 Å². The summed E-state index contributed by atoms with van der Waals surface area (Å²) in [5, 5.41) is 2.78. The second-order valence-corrected chi connectivity index (χ2v) is 7.08. The molecule has 1 aromatic heterocycles. The Morgan fingerprint density at radius 2 is 1.90 bits per heavy atom. The molecule has 0 saturated heterocycles. The lowest BCUT2D eigenvalue weighted by molar-refractivity contribution is -0.137. The van der Waals surface area contributed by atoms with Crippen molar-refractivity contribution in [2.45, 2.75) is 58.9 Å². The molecule has 0 saturated carbocycles. The summed E-state index contributed by atoms with van der Waals surface area (Å²) in [6.07, 6.45) is 6.59. The molecule has 1 rings (SSSR count). The fourth-order valence-electron chi connectivity index (χ4n) is 3.04. The van der Waals surface area contributed by atoms with Crippen LogP contribution in [-0.4, -0.2) is 62.2 Å². The van der Waals surface area contributed by atoms with E-state index in [1.807, 2.05) is 6.92 Å². The molecule has 0 aliphatic carbocycles. The molecule has 1 aromatic rings. The number of methoxy groups -OCH3 is 2. The van der Waals surface area contributed by atoms with Gasteiger partial charge in [-0.25, -0.2) is 4.98 Å². The predicted molar refractivity (Wildman–Crippen MR) is 111 cm³/mol. The Morgan fingerprint density at radius 3 is 2.55 bits per heavy atom. The molecule has 8 heteroatoms. The number of oxazole rings is 1. The molecule has 0 aromatic carbocycles. The molecule has 0 aliphatic heterocycles. The van der Waals surface area contributed by atoms with E-state index in [1.165, 1.54) is 6.26 Å². The third kappa shape index (κ3) is 9.41. The molecule has 1 N–H and O–H groups in total. The molecule has 2 amide bonds. The van der Waals surface area contributed by atoms with E-state index in [4.69, 9.17) is 13.9 Å². The summed E-state index contributed by atoms with van der Waals surface area (Å²) in [6, 6.07) is 0. The molecule has 1 heterocycles. The average molecular weight is 412 g/mol. The Balaban J connectivity index is 2.74. The van der Waals surface area contributed by atoms with Crippen LogP contribution in [0.25, 0.3) is 0 Å². The number of nitrogens with one attached hydrogen (secondary N) is 1. The summed E-state index contributed by atoms with van der Waals surface area (Å²) in [5.41, 5.74) is 0.222. The number of nitrogens with zero attached hydrogens (tertiary/aromatic N) is 2. The first-order chi connectivity index (χ1) is 14.1. The summed E-state index contributed by atoms with van der Waals surface area (Å²) < 4.78 is 15.6. The average Bonchev–Trinajstić information content (AvgIpc) is 3.19. The summed E-state index contributed by atoms with van der Waals surface area (Å²) in [4.78, 5) is 31.2. The minimum absolute atomic E-state index is 0.00369. The van der Waals surface area contributed by atoms with Crippen LogP contribution in [0.2, 0.25) is 0 Å². The van der Waals surface area contributed by atoms with E-state index in [9.17, 15) is 9.59 Å². The first-order valence-electron chi connectivity index (χ1n) is 10.6. The fraction of sp³-hybridized carbons (Fsp3) is 0.762. The van der Waals surface area contributed by atoms with Crippen molar-refractivity contribution < 1.29 is 23.5 Å². The SMILES string of the molecule is CCCC[C@H](CC)C(=O)N(CCCOC)Cc1nc(C(=O)NCCCOC)co1. The molecule has 0 fully saturated rings. The van der Waals surface area contributed by atoms with E-state index in [1.54, 1.807) is 19.1 Å². The van der Waals surface area contributed by atoms with Crippen LogP contribution >= 0.6 is 0 Å². The minimum Gasteiger partial charge on any atom is -0.446 e. The van der Waals surface area contributed by atoms with Gasteiger partial charge < -0.3 is 24.1 Å². The number of carbonyl (C=O) groups is 2. The van der Waals surface area contributed by atoms with Gasteiger partial charge >= 0.3 is 0 Å². The summed E-state index contributed by atoms with van der Waals surface area (Å²) in [6.45, 7) is 6.66.